The molecule has 0 saturated heterocycles. The molecule has 4 aliphatic rings. The Balaban J connectivity index is 1.88. The predicted octanol–water partition coefficient (Wildman–Crippen LogP) is 2.90. The summed E-state index contributed by atoms with van der Waals surface area (Å²) in [5.74, 6) is 0.267. The molecule has 1 fully saturated rings. The molecule has 0 aromatic heterocycles. The van der Waals surface area contributed by atoms with Crippen LogP contribution in [0.5, 0.6) is 0 Å². The summed E-state index contributed by atoms with van der Waals surface area (Å²) in [7, 11) is 0. The highest BCUT2D eigenvalue weighted by Crippen LogP contribution is 2.61. The Bertz CT molecular complexity index is 683. The van der Waals surface area contributed by atoms with E-state index in [0.717, 1.165) is 12.0 Å². The minimum absolute atomic E-state index is 0.104. The summed E-state index contributed by atoms with van der Waals surface area (Å²) in [6, 6.07) is 0. The molecule has 3 nitrogen and oxygen atoms in total. The second-order valence-corrected chi connectivity index (χ2v) is 7.78. The van der Waals surface area contributed by atoms with Gasteiger partial charge in [-0.05, 0) is 37.8 Å². The maximum Gasteiger partial charge on any atom is 0.156 e. The highest BCUT2D eigenvalue weighted by molar-refractivity contribution is 5.93. The Hall–Kier alpha value is -1.48. The second kappa shape index (κ2) is 4.08. The Labute approximate surface area is 130 Å². The second-order valence-electron chi connectivity index (χ2n) is 7.78. The van der Waals surface area contributed by atoms with Crippen molar-refractivity contribution in [3.8, 4) is 0 Å². The van der Waals surface area contributed by atoms with Gasteiger partial charge in [0.05, 0.1) is 11.0 Å². The van der Waals surface area contributed by atoms with Crippen molar-refractivity contribution in [3.63, 3.8) is 0 Å². The number of carbonyl (C=O) groups is 2. The molecule has 0 aromatic rings. The third kappa shape index (κ3) is 1.45. The zero-order valence-electron chi connectivity index (χ0n) is 13.2. The van der Waals surface area contributed by atoms with Crippen LogP contribution in [-0.2, 0) is 9.59 Å². The predicted molar refractivity (Wildman–Crippen MR) is 83.1 cm³/mol. The molecule has 0 spiro atoms. The van der Waals surface area contributed by atoms with Crippen molar-refractivity contribution in [2.24, 2.45) is 16.7 Å². The summed E-state index contributed by atoms with van der Waals surface area (Å²) in [4.78, 5) is 24.1. The van der Waals surface area contributed by atoms with Gasteiger partial charge in [-0.2, -0.15) is 0 Å². The summed E-state index contributed by atoms with van der Waals surface area (Å²) < 4.78 is 0. The van der Waals surface area contributed by atoms with Crippen molar-refractivity contribution >= 4 is 11.6 Å². The molecule has 116 valence electrons. The summed E-state index contributed by atoms with van der Waals surface area (Å²) >= 11 is 0. The van der Waals surface area contributed by atoms with Crippen LogP contribution in [0.1, 0.15) is 46.0 Å². The molecule has 3 heteroatoms. The quantitative estimate of drug-likeness (QED) is 0.700. The molecule has 0 bridgehead atoms. The zero-order chi connectivity index (χ0) is 15.8. The van der Waals surface area contributed by atoms with Crippen molar-refractivity contribution in [2.75, 3.05) is 0 Å². The fourth-order valence-corrected chi connectivity index (χ4v) is 5.08. The van der Waals surface area contributed by atoms with Crippen molar-refractivity contribution < 1.29 is 14.7 Å². The number of rotatable bonds is 0. The number of allylic oxidation sites excluding steroid dienone is 4. The van der Waals surface area contributed by atoms with Crippen LogP contribution in [0.2, 0.25) is 0 Å². The number of hydrogen-bond donors (Lipinski definition) is 1. The lowest BCUT2D eigenvalue weighted by Gasteiger charge is -2.53. The van der Waals surface area contributed by atoms with Gasteiger partial charge in [-0.15, -0.1) is 0 Å². The van der Waals surface area contributed by atoms with Crippen LogP contribution in [0, 0.1) is 16.7 Å². The Morgan fingerprint density at radius 1 is 1.18 bits per heavy atom. The molecule has 0 heterocycles. The number of hydrogen-bond acceptors (Lipinski definition) is 3. The van der Waals surface area contributed by atoms with E-state index < -0.39 is 11.0 Å². The van der Waals surface area contributed by atoms with Crippen molar-refractivity contribution in [3.05, 3.63) is 35.5 Å². The lowest BCUT2D eigenvalue weighted by molar-refractivity contribution is -0.139. The summed E-state index contributed by atoms with van der Waals surface area (Å²) in [6.45, 7) is 4.10. The van der Waals surface area contributed by atoms with Crippen LogP contribution < -0.4 is 0 Å². The first-order valence-electron chi connectivity index (χ1n) is 8.21. The fourth-order valence-electron chi connectivity index (χ4n) is 5.08. The first kappa shape index (κ1) is 14.1. The van der Waals surface area contributed by atoms with E-state index in [4.69, 9.17) is 0 Å². The number of ketones is 2. The number of carbonyl (C=O) groups excluding carboxylic acids is 2. The molecule has 22 heavy (non-hydrogen) atoms. The third-order valence-corrected chi connectivity index (χ3v) is 6.81. The van der Waals surface area contributed by atoms with Gasteiger partial charge in [-0.3, -0.25) is 9.59 Å². The summed E-state index contributed by atoms with van der Waals surface area (Å²) in [6.07, 6.45) is 10.9. The van der Waals surface area contributed by atoms with E-state index >= 15 is 0 Å². The van der Waals surface area contributed by atoms with E-state index in [1.54, 1.807) is 6.08 Å². The molecule has 0 aliphatic heterocycles. The van der Waals surface area contributed by atoms with Gasteiger partial charge < -0.3 is 5.11 Å². The third-order valence-electron chi connectivity index (χ3n) is 6.81. The molecule has 4 atom stereocenters. The van der Waals surface area contributed by atoms with Gasteiger partial charge in [0.1, 0.15) is 5.78 Å². The molecule has 0 radical (unpaired) electrons. The minimum Gasteiger partial charge on any atom is -0.388 e. The van der Waals surface area contributed by atoms with E-state index in [2.05, 4.69) is 13.0 Å². The Morgan fingerprint density at radius 3 is 2.73 bits per heavy atom. The first-order chi connectivity index (χ1) is 10.3. The highest BCUT2D eigenvalue weighted by atomic mass is 16.3. The van der Waals surface area contributed by atoms with E-state index in [1.165, 1.54) is 5.57 Å². The first-order valence-corrected chi connectivity index (χ1v) is 8.21. The van der Waals surface area contributed by atoms with Gasteiger partial charge in [-0.1, -0.05) is 30.7 Å². The smallest absolute Gasteiger partial charge is 0.156 e. The lowest BCUT2D eigenvalue weighted by atomic mass is 9.52. The van der Waals surface area contributed by atoms with Crippen LogP contribution in [0.3, 0.4) is 0 Å². The largest absolute Gasteiger partial charge is 0.388 e. The normalized spacial score (nSPS) is 46.6. The van der Waals surface area contributed by atoms with Crippen LogP contribution in [0.15, 0.2) is 35.5 Å². The van der Waals surface area contributed by atoms with E-state index in [-0.39, 0.29) is 22.9 Å². The lowest BCUT2D eigenvalue weighted by Crippen LogP contribution is -2.55. The fraction of sp³-hybridized carbons (Fsp3) is 0.579. The number of aliphatic hydroxyl groups is 1. The maximum atomic E-state index is 12.3. The van der Waals surface area contributed by atoms with Gasteiger partial charge in [0.15, 0.2) is 5.78 Å². The standard InChI is InChI=1S/C19H22O3/c1-17-8-5-13(20)11-12(17)3-4-15-14(17)6-9-18(2)16(21)7-10-19(15,18)22/h3-4,6,11,15,22H,5,7-10H2,1-2H3/t15-,17+,18-,19?/m1/s1. The van der Waals surface area contributed by atoms with Crippen LogP contribution in [0.25, 0.3) is 0 Å². The van der Waals surface area contributed by atoms with Gasteiger partial charge in [-0.25, -0.2) is 0 Å². The molecule has 0 aromatic carbocycles. The highest BCUT2D eigenvalue weighted by Gasteiger charge is 2.63. The SMILES string of the molecule is C[C@]12CCC(=O)C=C1C=C[C@@H]1C2=CC[C@]2(C)C(=O)CCC12O. The Kier molecular flexibility index (Phi) is 2.62. The molecule has 1 saturated carbocycles. The average Bonchev–Trinajstić information content (AvgIpc) is 2.72. The number of Topliss-reactive ketones (excluding diaryl/α,β-unsaturated/α-hetero) is 1. The van der Waals surface area contributed by atoms with Crippen LogP contribution in [0.4, 0.5) is 0 Å². The van der Waals surface area contributed by atoms with Gasteiger partial charge >= 0.3 is 0 Å². The van der Waals surface area contributed by atoms with Crippen LogP contribution >= 0.6 is 0 Å². The molecule has 4 rings (SSSR count). The van der Waals surface area contributed by atoms with E-state index in [9.17, 15) is 14.7 Å². The average molecular weight is 298 g/mol. The Morgan fingerprint density at radius 2 is 1.95 bits per heavy atom. The zero-order valence-corrected chi connectivity index (χ0v) is 13.2. The summed E-state index contributed by atoms with van der Waals surface area (Å²) in [5, 5.41) is 11.4. The monoisotopic (exact) mass is 298 g/mol. The van der Waals surface area contributed by atoms with E-state index in [1.807, 2.05) is 19.1 Å². The molecule has 1 unspecified atom stereocenters. The summed E-state index contributed by atoms with van der Waals surface area (Å²) in [5.41, 5.74) is 0.468. The molecule has 1 N–H and O–H groups in total. The minimum atomic E-state index is -0.972. The molecular formula is C19H22O3. The van der Waals surface area contributed by atoms with Crippen LogP contribution in [-0.4, -0.2) is 22.3 Å². The maximum absolute atomic E-state index is 12.3. The van der Waals surface area contributed by atoms with Gasteiger partial charge in [0, 0.05) is 24.2 Å². The molecule has 0 amide bonds. The van der Waals surface area contributed by atoms with Gasteiger partial charge in [0.25, 0.3) is 0 Å². The topological polar surface area (TPSA) is 54.4 Å². The van der Waals surface area contributed by atoms with Crippen molar-refractivity contribution in [1.29, 1.82) is 0 Å². The molecule has 4 aliphatic carbocycles. The van der Waals surface area contributed by atoms with Gasteiger partial charge in [0.2, 0.25) is 0 Å². The van der Waals surface area contributed by atoms with Crippen molar-refractivity contribution in [2.45, 2.75) is 51.6 Å². The van der Waals surface area contributed by atoms with Crippen molar-refractivity contribution in [1.82, 2.24) is 0 Å². The molecular weight excluding hydrogens is 276 g/mol. The number of fused-ring (bicyclic) bond motifs is 5. The van der Waals surface area contributed by atoms with E-state index in [0.29, 0.717) is 25.7 Å².